The second-order valence-electron chi connectivity index (χ2n) is 5.11. The summed E-state index contributed by atoms with van der Waals surface area (Å²) in [6.45, 7) is 5.96. The first-order chi connectivity index (χ1) is 8.87. The highest BCUT2D eigenvalue weighted by atomic mass is 32.1. The molecule has 6 heteroatoms. The van der Waals surface area contributed by atoms with Crippen molar-refractivity contribution in [1.29, 1.82) is 0 Å². The lowest BCUT2D eigenvalue weighted by Gasteiger charge is -2.19. The molecule has 0 bridgehead atoms. The van der Waals surface area contributed by atoms with Crippen LogP contribution >= 0.6 is 11.3 Å². The number of nitrogens with one attached hydrogen (secondary N) is 1. The molecule has 0 unspecified atom stereocenters. The normalized spacial score (nSPS) is 11.1. The summed E-state index contributed by atoms with van der Waals surface area (Å²) in [5.41, 5.74) is -0.502. The number of amides is 1. The molecule has 1 N–H and O–H groups in total. The Bertz CT molecular complexity index is 410. The number of carbonyl (C=O) groups is 2. The summed E-state index contributed by atoms with van der Waals surface area (Å²) < 4.78 is 5.12. The van der Waals surface area contributed by atoms with Crippen LogP contribution in [0.1, 0.15) is 38.6 Å². The average molecular weight is 284 g/mol. The van der Waals surface area contributed by atoms with Gasteiger partial charge in [-0.1, -0.05) is 0 Å². The Labute approximate surface area is 117 Å². The van der Waals surface area contributed by atoms with E-state index in [9.17, 15) is 9.59 Å². The van der Waals surface area contributed by atoms with Gasteiger partial charge in [0.15, 0.2) is 0 Å². The molecule has 5 nitrogen and oxygen atoms in total. The Morgan fingerprint density at radius 2 is 2.11 bits per heavy atom. The minimum absolute atomic E-state index is 0.111. The second-order valence-corrected chi connectivity index (χ2v) is 6.09. The van der Waals surface area contributed by atoms with Gasteiger partial charge in [-0.15, -0.1) is 11.3 Å². The third kappa shape index (κ3) is 7.56. The predicted octanol–water partition coefficient (Wildman–Crippen LogP) is 1.92. The van der Waals surface area contributed by atoms with Gasteiger partial charge < -0.3 is 10.1 Å². The van der Waals surface area contributed by atoms with E-state index in [0.29, 0.717) is 6.54 Å². The number of carbonyl (C=O) groups excluding carboxylic acids is 2. The average Bonchev–Trinajstić information content (AvgIpc) is 2.77. The highest BCUT2D eigenvalue weighted by Gasteiger charge is 2.16. The number of ether oxygens (including phenoxy) is 1. The van der Waals surface area contributed by atoms with Gasteiger partial charge >= 0.3 is 5.97 Å². The summed E-state index contributed by atoms with van der Waals surface area (Å²) in [5, 5.41) is 5.65. The van der Waals surface area contributed by atoms with Gasteiger partial charge in [0.2, 0.25) is 5.91 Å². The summed E-state index contributed by atoms with van der Waals surface area (Å²) in [5.74, 6) is -0.481. The number of rotatable bonds is 6. The van der Waals surface area contributed by atoms with Crippen LogP contribution in [0.2, 0.25) is 0 Å². The molecule has 0 fully saturated rings. The molecule has 0 saturated carbocycles. The minimum Gasteiger partial charge on any atom is -0.460 e. The molecule has 106 valence electrons. The Morgan fingerprint density at radius 3 is 2.68 bits per heavy atom. The fourth-order valence-electron chi connectivity index (χ4n) is 1.38. The molecule has 0 aliphatic rings. The van der Waals surface area contributed by atoms with E-state index in [1.54, 1.807) is 38.3 Å². The smallest absolute Gasteiger partial charge is 0.306 e. The highest BCUT2D eigenvalue weighted by molar-refractivity contribution is 7.09. The van der Waals surface area contributed by atoms with Crippen molar-refractivity contribution in [2.75, 3.05) is 6.54 Å². The van der Waals surface area contributed by atoms with Crippen LogP contribution in [-0.2, 0) is 20.7 Å². The Balaban J connectivity index is 2.12. The van der Waals surface area contributed by atoms with Gasteiger partial charge in [0.25, 0.3) is 0 Å². The molecule has 19 heavy (non-hydrogen) atoms. The van der Waals surface area contributed by atoms with Gasteiger partial charge in [0, 0.05) is 31.0 Å². The molecule has 1 heterocycles. The van der Waals surface area contributed by atoms with Crippen molar-refractivity contribution >= 4 is 23.2 Å². The van der Waals surface area contributed by atoms with Gasteiger partial charge in [-0.2, -0.15) is 0 Å². The van der Waals surface area contributed by atoms with E-state index in [2.05, 4.69) is 10.3 Å². The first-order valence-corrected chi connectivity index (χ1v) is 7.12. The number of nitrogens with zero attached hydrogens (tertiary/aromatic N) is 1. The highest BCUT2D eigenvalue weighted by Crippen LogP contribution is 2.09. The lowest BCUT2D eigenvalue weighted by Crippen LogP contribution is -2.28. The Morgan fingerprint density at radius 1 is 1.37 bits per heavy atom. The second kappa shape index (κ2) is 7.23. The third-order valence-electron chi connectivity index (χ3n) is 2.12. The quantitative estimate of drug-likeness (QED) is 0.810. The molecule has 0 aliphatic carbocycles. The molecule has 1 aromatic rings. The maximum atomic E-state index is 11.5. The fourth-order valence-corrected chi connectivity index (χ4v) is 2.00. The molecule has 0 aliphatic heterocycles. The van der Waals surface area contributed by atoms with Crippen LogP contribution in [0.3, 0.4) is 0 Å². The van der Waals surface area contributed by atoms with Crippen LogP contribution in [0.5, 0.6) is 0 Å². The van der Waals surface area contributed by atoms with Crippen molar-refractivity contribution in [3.8, 4) is 0 Å². The predicted molar refractivity (Wildman–Crippen MR) is 73.9 cm³/mol. The first kappa shape index (κ1) is 15.6. The number of hydrogen-bond donors (Lipinski definition) is 1. The van der Waals surface area contributed by atoms with Crippen molar-refractivity contribution in [3.05, 3.63) is 16.6 Å². The van der Waals surface area contributed by atoms with E-state index in [1.165, 1.54) is 0 Å². The zero-order valence-electron chi connectivity index (χ0n) is 11.6. The van der Waals surface area contributed by atoms with Crippen LogP contribution in [0.4, 0.5) is 0 Å². The van der Waals surface area contributed by atoms with E-state index in [1.807, 2.05) is 5.38 Å². The lowest BCUT2D eigenvalue weighted by molar-refractivity contribution is -0.155. The molecule has 0 atom stereocenters. The maximum absolute atomic E-state index is 11.5. The molecule has 1 rings (SSSR count). The van der Waals surface area contributed by atoms with E-state index < -0.39 is 5.60 Å². The van der Waals surface area contributed by atoms with Gasteiger partial charge in [-0.05, 0) is 20.8 Å². The van der Waals surface area contributed by atoms with E-state index in [4.69, 9.17) is 4.74 Å². The standard InChI is InChI=1S/C13H20N2O3S/c1-13(2,3)18-12(17)5-4-10(16)14-7-6-11-15-8-9-19-11/h8-9H,4-7H2,1-3H3,(H,14,16). The number of esters is 1. The summed E-state index contributed by atoms with van der Waals surface area (Å²) in [4.78, 5) is 27.0. The van der Waals surface area contributed by atoms with Gasteiger partial charge in [-0.3, -0.25) is 9.59 Å². The largest absolute Gasteiger partial charge is 0.460 e. The summed E-state index contributed by atoms with van der Waals surface area (Å²) >= 11 is 1.56. The zero-order valence-corrected chi connectivity index (χ0v) is 12.4. The molecule has 0 spiro atoms. The lowest BCUT2D eigenvalue weighted by atomic mass is 10.2. The van der Waals surface area contributed by atoms with E-state index in [-0.39, 0.29) is 24.7 Å². The van der Waals surface area contributed by atoms with Crippen LogP contribution in [0.25, 0.3) is 0 Å². The molecule has 1 amide bonds. The van der Waals surface area contributed by atoms with Crippen molar-refractivity contribution in [2.45, 2.75) is 45.6 Å². The molecule has 1 aromatic heterocycles. The van der Waals surface area contributed by atoms with Crippen LogP contribution in [0, 0.1) is 0 Å². The van der Waals surface area contributed by atoms with E-state index >= 15 is 0 Å². The van der Waals surface area contributed by atoms with Crippen molar-refractivity contribution in [3.63, 3.8) is 0 Å². The minimum atomic E-state index is -0.502. The van der Waals surface area contributed by atoms with Gasteiger partial charge in [0.05, 0.1) is 11.4 Å². The first-order valence-electron chi connectivity index (χ1n) is 6.24. The fraction of sp³-hybridized carbons (Fsp3) is 0.615. The zero-order chi connectivity index (χ0) is 14.3. The third-order valence-corrected chi connectivity index (χ3v) is 2.96. The van der Waals surface area contributed by atoms with E-state index in [0.717, 1.165) is 11.4 Å². The van der Waals surface area contributed by atoms with Crippen molar-refractivity contribution < 1.29 is 14.3 Å². The molecule has 0 radical (unpaired) electrons. The van der Waals surface area contributed by atoms with Gasteiger partial charge in [0.1, 0.15) is 5.60 Å². The number of thiazole rings is 1. The molecular weight excluding hydrogens is 264 g/mol. The molecular formula is C13H20N2O3S. The Kier molecular flexibility index (Phi) is 5.95. The van der Waals surface area contributed by atoms with Gasteiger partial charge in [-0.25, -0.2) is 4.98 Å². The summed E-state index contributed by atoms with van der Waals surface area (Å²) in [6, 6.07) is 0. The monoisotopic (exact) mass is 284 g/mol. The maximum Gasteiger partial charge on any atom is 0.306 e. The van der Waals surface area contributed by atoms with Crippen LogP contribution in [0.15, 0.2) is 11.6 Å². The summed E-state index contributed by atoms with van der Waals surface area (Å²) in [7, 11) is 0. The molecule has 0 saturated heterocycles. The number of aromatic nitrogens is 1. The van der Waals surface area contributed by atoms with Crippen molar-refractivity contribution in [1.82, 2.24) is 10.3 Å². The SMILES string of the molecule is CC(C)(C)OC(=O)CCC(=O)NCCc1nccs1. The number of hydrogen-bond acceptors (Lipinski definition) is 5. The van der Waals surface area contributed by atoms with Crippen molar-refractivity contribution in [2.24, 2.45) is 0 Å². The Hall–Kier alpha value is -1.43. The van der Waals surface area contributed by atoms with Crippen LogP contribution < -0.4 is 5.32 Å². The topological polar surface area (TPSA) is 68.3 Å². The molecule has 0 aromatic carbocycles. The summed E-state index contributed by atoms with van der Waals surface area (Å²) in [6.07, 6.45) is 2.73. The van der Waals surface area contributed by atoms with Crippen LogP contribution in [-0.4, -0.2) is 29.0 Å².